The Labute approximate surface area is 199 Å². The van der Waals surface area contributed by atoms with Gasteiger partial charge in [-0.25, -0.2) is 8.42 Å². The third-order valence-corrected chi connectivity index (χ3v) is 8.65. The molecular weight excluding hydrogens is 456 g/mol. The Morgan fingerprint density at radius 1 is 0.939 bits per heavy atom. The highest BCUT2D eigenvalue weighted by Crippen LogP contribution is 2.24. The van der Waals surface area contributed by atoms with Crippen molar-refractivity contribution < 1.29 is 17.9 Å². The molecule has 8 heteroatoms. The Hall–Kier alpha value is -2.68. The number of ether oxygens (including phenoxy) is 1. The van der Waals surface area contributed by atoms with Gasteiger partial charge in [-0.05, 0) is 56.0 Å². The van der Waals surface area contributed by atoms with Crippen LogP contribution in [-0.4, -0.2) is 49.7 Å². The number of rotatable bonds is 6. The standard InChI is InChI=1S/C25H28N2O4S2/c1-18-4-7-22(8-5-18)33(29,30)27-12-10-26(11-13-27)25(28)24-15-21(17-32-24)16-31-23-9-6-19(2)14-20(23)3/h4-9,14-15,17H,10-13,16H2,1-3H3. The number of thiophene rings is 1. The second kappa shape index (κ2) is 9.67. The molecule has 2 aromatic carbocycles. The number of piperazine rings is 1. The van der Waals surface area contributed by atoms with E-state index in [-0.39, 0.29) is 19.0 Å². The van der Waals surface area contributed by atoms with Crippen LogP contribution in [0.2, 0.25) is 0 Å². The Morgan fingerprint density at radius 3 is 2.27 bits per heavy atom. The first-order chi connectivity index (χ1) is 15.7. The molecule has 1 aliphatic rings. The lowest BCUT2D eigenvalue weighted by Crippen LogP contribution is -2.50. The van der Waals surface area contributed by atoms with Gasteiger partial charge in [-0.1, -0.05) is 35.4 Å². The Balaban J connectivity index is 1.34. The molecule has 0 unspecified atom stereocenters. The molecule has 2 heterocycles. The number of hydrogen-bond acceptors (Lipinski definition) is 5. The predicted octanol–water partition coefficient (Wildman–Crippen LogP) is 4.40. The van der Waals surface area contributed by atoms with Crippen LogP contribution in [0.5, 0.6) is 5.75 Å². The number of amides is 1. The van der Waals surface area contributed by atoms with Gasteiger partial charge < -0.3 is 9.64 Å². The van der Waals surface area contributed by atoms with Crippen LogP contribution in [0.3, 0.4) is 0 Å². The fourth-order valence-electron chi connectivity index (χ4n) is 3.83. The molecule has 0 spiro atoms. The maximum Gasteiger partial charge on any atom is 0.264 e. The zero-order chi connectivity index (χ0) is 23.6. The maximum atomic E-state index is 13.0. The van der Waals surface area contributed by atoms with Crippen LogP contribution >= 0.6 is 11.3 Å². The van der Waals surface area contributed by atoms with Gasteiger partial charge in [0, 0.05) is 31.7 Å². The maximum absolute atomic E-state index is 13.0. The SMILES string of the molecule is Cc1ccc(S(=O)(=O)N2CCN(C(=O)c3cc(COc4ccc(C)cc4C)cs3)CC2)cc1. The first kappa shape index (κ1) is 23.5. The van der Waals surface area contributed by atoms with E-state index in [0.717, 1.165) is 22.4 Å². The van der Waals surface area contributed by atoms with Crippen molar-refractivity contribution in [3.05, 3.63) is 81.0 Å². The summed E-state index contributed by atoms with van der Waals surface area (Å²) in [5, 5.41) is 1.94. The second-order valence-corrected chi connectivity index (χ2v) is 11.2. The van der Waals surface area contributed by atoms with Gasteiger partial charge in [0.25, 0.3) is 5.91 Å². The van der Waals surface area contributed by atoms with Crippen molar-refractivity contribution in [2.24, 2.45) is 0 Å². The summed E-state index contributed by atoms with van der Waals surface area (Å²) in [5.41, 5.74) is 4.23. The number of carbonyl (C=O) groups is 1. The lowest BCUT2D eigenvalue weighted by molar-refractivity contribution is 0.0702. The molecule has 1 aliphatic heterocycles. The highest BCUT2D eigenvalue weighted by Gasteiger charge is 2.30. The smallest absolute Gasteiger partial charge is 0.264 e. The van der Waals surface area contributed by atoms with E-state index in [1.54, 1.807) is 29.2 Å². The van der Waals surface area contributed by atoms with E-state index < -0.39 is 10.0 Å². The molecule has 0 radical (unpaired) electrons. The van der Waals surface area contributed by atoms with E-state index in [2.05, 4.69) is 6.07 Å². The molecule has 4 rings (SSSR count). The first-order valence-corrected chi connectivity index (χ1v) is 13.2. The number of aryl methyl sites for hydroxylation is 3. The summed E-state index contributed by atoms with van der Waals surface area (Å²) in [4.78, 5) is 15.6. The molecule has 0 aliphatic carbocycles. The number of carbonyl (C=O) groups excluding carboxylic acids is 1. The van der Waals surface area contributed by atoms with Crippen molar-refractivity contribution in [2.45, 2.75) is 32.3 Å². The number of hydrogen-bond donors (Lipinski definition) is 0. The summed E-state index contributed by atoms with van der Waals surface area (Å²) in [5.74, 6) is 0.774. The molecule has 6 nitrogen and oxygen atoms in total. The molecule has 1 aromatic heterocycles. The number of benzene rings is 2. The van der Waals surface area contributed by atoms with Gasteiger partial charge in [0.15, 0.2) is 0 Å². The molecule has 174 valence electrons. The van der Waals surface area contributed by atoms with Gasteiger partial charge in [-0.15, -0.1) is 11.3 Å². The van der Waals surface area contributed by atoms with Crippen LogP contribution in [0.25, 0.3) is 0 Å². The predicted molar refractivity (Wildman–Crippen MR) is 130 cm³/mol. The summed E-state index contributed by atoms with van der Waals surface area (Å²) in [7, 11) is -3.55. The average molecular weight is 485 g/mol. The van der Waals surface area contributed by atoms with E-state index in [1.165, 1.54) is 21.2 Å². The minimum Gasteiger partial charge on any atom is -0.489 e. The lowest BCUT2D eigenvalue weighted by Gasteiger charge is -2.33. The molecule has 0 atom stereocenters. The van der Waals surface area contributed by atoms with E-state index in [4.69, 9.17) is 4.74 Å². The molecule has 0 N–H and O–H groups in total. The van der Waals surface area contributed by atoms with Crippen LogP contribution in [0.4, 0.5) is 0 Å². The minimum absolute atomic E-state index is 0.0647. The molecule has 3 aromatic rings. The summed E-state index contributed by atoms with van der Waals surface area (Å²) in [6.07, 6.45) is 0. The van der Waals surface area contributed by atoms with Gasteiger partial charge in [-0.2, -0.15) is 4.31 Å². The van der Waals surface area contributed by atoms with E-state index in [9.17, 15) is 13.2 Å². The summed E-state index contributed by atoms with van der Waals surface area (Å²) in [6.45, 7) is 7.70. The van der Waals surface area contributed by atoms with Crippen molar-refractivity contribution in [2.75, 3.05) is 26.2 Å². The zero-order valence-electron chi connectivity index (χ0n) is 19.1. The van der Waals surface area contributed by atoms with Gasteiger partial charge in [-0.3, -0.25) is 4.79 Å². The minimum atomic E-state index is -3.55. The highest BCUT2D eigenvalue weighted by molar-refractivity contribution is 7.89. The van der Waals surface area contributed by atoms with Crippen molar-refractivity contribution in [1.29, 1.82) is 0 Å². The van der Waals surface area contributed by atoms with Crippen molar-refractivity contribution in [3.8, 4) is 5.75 Å². The Morgan fingerprint density at radius 2 is 1.61 bits per heavy atom. The Kier molecular flexibility index (Phi) is 6.88. The number of nitrogens with zero attached hydrogens (tertiary/aromatic N) is 2. The van der Waals surface area contributed by atoms with E-state index in [0.29, 0.717) is 29.5 Å². The van der Waals surface area contributed by atoms with Crippen molar-refractivity contribution in [1.82, 2.24) is 9.21 Å². The molecule has 1 fully saturated rings. The Bertz CT molecular complexity index is 1240. The van der Waals surface area contributed by atoms with Gasteiger partial charge in [0.2, 0.25) is 10.0 Å². The van der Waals surface area contributed by atoms with Crippen LogP contribution < -0.4 is 4.74 Å². The largest absolute Gasteiger partial charge is 0.489 e. The quantitative estimate of drug-likeness (QED) is 0.520. The van der Waals surface area contributed by atoms with Crippen LogP contribution in [0.1, 0.15) is 31.9 Å². The molecule has 0 bridgehead atoms. The molecule has 1 saturated heterocycles. The third kappa shape index (κ3) is 5.29. The monoisotopic (exact) mass is 484 g/mol. The normalized spacial score (nSPS) is 14.9. The van der Waals surface area contributed by atoms with Gasteiger partial charge >= 0.3 is 0 Å². The topological polar surface area (TPSA) is 66.9 Å². The van der Waals surface area contributed by atoms with Gasteiger partial charge in [0.05, 0.1) is 9.77 Å². The van der Waals surface area contributed by atoms with Crippen LogP contribution in [0, 0.1) is 20.8 Å². The molecule has 0 saturated carbocycles. The molecule has 33 heavy (non-hydrogen) atoms. The van der Waals surface area contributed by atoms with E-state index in [1.807, 2.05) is 44.4 Å². The van der Waals surface area contributed by atoms with Crippen LogP contribution in [-0.2, 0) is 16.6 Å². The first-order valence-electron chi connectivity index (χ1n) is 10.9. The molecule has 1 amide bonds. The highest BCUT2D eigenvalue weighted by atomic mass is 32.2. The number of sulfonamides is 1. The summed E-state index contributed by atoms with van der Waals surface area (Å²) in [6, 6.07) is 14.8. The second-order valence-electron chi connectivity index (χ2n) is 8.39. The molecular formula is C25H28N2O4S2. The third-order valence-electron chi connectivity index (χ3n) is 5.77. The lowest BCUT2D eigenvalue weighted by atomic mass is 10.1. The van der Waals surface area contributed by atoms with Crippen LogP contribution in [0.15, 0.2) is 58.8 Å². The average Bonchev–Trinajstić information content (AvgIpc) is 3.27. The van der Waals surface area contributed by atoms with Gasteiger partial charge in [0.1, 0.15) is 12.4 Å². The summed E-state index contributed by atoms with van der Waals surface area (Å²) >= 11 is 1.39. The van der Waals surface area contributed by atoms with E-state index >= 15 is 0 Å². The zero-order valence-corrected chi connectivity index (χ0v) is 20.7. The van der Waals surface area contributed by atoms with Crippen molar-refractivity contribution >= 4 is 27.3 Å². The summed E-state index contributed by atoms with van der Waals surface area (Å²) < 4.78 is 33.2. The van der Waals surface area contributed by atoms with Crippen molar-refractivity contribution in [3.63, 3.8) is 0 Å². The fourth-order valence-corrected chi connectivity index (χ4v) is 6.12. The fraction of sp³-hybridized carbons (Fsp3) is 0.320.